The third kappa shape index (κ3) is 3.23. The van der Waals surface area contributed by atoms with Gasteiger partial charge in [-0.2, -0.15) is 0 Å². The maximum Gasteiger partial charge on any atom is 0.228 e. The first kappa shape index (κ1) is 14.0. The van der Waals surface area contributed by atoms with Crippen LogP contribution in [0.5, 0.6) is 0 Å². The third-order valence-corrected chi connectivity index (χ3v) is 4.11. The number of carbonyl (C=O) groups excluding carboxylic acids is 1. The number of H-pyrrole nitrogens is 1. The smallest absolute Gasteiger partial charge is 0.228 e. The molecule has 1 amide bonds. The second-order valence-corrected chi connectivity index (χ2v) is 5.83. The fourth-order valence-electron chi connectivity index (χ4n) is 2.96. The molecule has 0 radical (unpaired) electrons. The lowest BCUT2D eigenvalue weighted by Gasteiger charge is -2.20. The largest absolute Gasteiger partial charge is 0.341 e. The summed E-state index contributed by atoms with van der Waals surface area (Å²) in [5.74, 6) is 1.81. The standard InChI is InChI=1S/C16H22N4O/c1-2-6-13-17-12-9-10-14(19-15(12)18-13)20-16(21)11-7-4-3-5-8-11/h9-11H,2-8H2,1H3,(H2,17,18,19,20,21). The molecule has 112 valence electrons. The van der Waals surface area contributed by atoms with E-state index >= 15 is 0 Å². The van der Waals surface area contributed by atoms with Crippen LogP contribution in [-0.4, -0.2) is 20.9 Å². The Morgan fingerprint density at radius 3 is 2.86 bits per heavy atom. The number of hydrogen-bond donors (Lipinski definition) is 2. The van der Waals surface area contributed by atoms with E-state index < -0.39 is 0 Å². The molecule has 0 spiro atoms. The molecule has 1 aliphatic rings. The number of fused-ring (bicyclic) bond motifs is 1. The summed E-state index contributed by atoms with van der Waals surface area (Å²) < 4.78 is 0. The van der Waals surface area contributed by atoms with Gasteiger partial charge in [-0.3, -0.25) is 4.79 Å². The highest BCUT2D eigenvalue weighted by molar-refractivity contribution is 5.92. The Kier molecular flexibility index (Phi) is 4.18. The predicted octanol–water partition coefficient (Wildman–Crippen LogP) is 3.43. The lowest BCUT2D eigenvalue weighted by atomic mass is 9.89. The molecule has 0 aliphatic heterocycles. The second kappa shape index (κ2) is 6.24. The number of aromatic amines is 1. The molecule has 0 saturated heterocycles. The molecule has 2 N–H and O–H groups in total. The van der Waals surface area contributed by atoms with Crippen LogP contribution < -0.4 is 5.32 Å². The number of anilines is 1. The fraction of sp³-hybridized carbons (Fsp3) is 0.562. The summed E-state index contributed by atoms with van der Waals surface area (Å²) in [4.78, 5) is 24.4. The number of aryl methyl sites for hydroxylation is 1. The molecule has 0 bridgehead atoms. The maximum atomic E-state index is 12.2. The van der Waals surface area contributed by atoms with Crippen LogP contribution in [0.4, 0.5) is 5.82 Å². The monoisotopic (exact) mass is 286 g/mol. The highest BCUT2D eigenvalue weighted by Gasteiger charge is 2.21. The fourth-order valence-corrected chi connectivity index (χ4v) is 2.96. The Bertz CT molecular complexity index is 628. The quantitative estimate of drug-likeness (QED) is 0.904. The molecule has 5 heteroatoms. The van der Waals surface area contributed by atoms with Crippen molar-refractivity contribution in [1.29, 1.82) is 0 Å². The molecule has 2 aromatic heterocycles. The topological polar surface area (TPSA) is 70.7 Å². The molecule has 0 unspecified atom stereocenters. The average molecular weight is 286 g/mol. The summed E-state index contributed by atoms with van der Waals surface area (Å²) >= 11 is 0. The van der Waals surface area contributed by atoms with Gasteiger partial charge in [-0.05, 0) is 31.4 Å². The van der Waals surface area contributed by atoms with Crippen LogP contribution in [0.2, 0.25) is 0 Å². The van der Waals surface area contributed by atoms with E-state index in [9.17, 15) is 4.79 Å². The summed E-state index contributed by atoms with van der Waals surface area (Å²) in [6, 6.07) is 3.78. The van der Waals surface area contributed by atoms with E-state index in [4.69, 9.17) is 0 Å². The molecule has 2 aromatic rings. The highest BCUT2D eigenvalue weighted by atomic mass is 16.1. The zero-order valence-corrected chi connectivity index (χ0v) is 12.5. The first-order chi connectivity index (χ1) is 10.3. The van der Waals surface area contributed by atoms with E-state index in [0.29, 0.717) is 11.5 Å². The van der Waals surface area contributed by atoms with Crippen LogP contribution in [0.3, 0.4) is 0 Å². The SMILES string of the molecule is CCCc1nc2nc(NC(=O)C3CCCCC3)ccc2[nH]1. The van der Waals surface area contributed by atoms with Crippen LogP contribution >= 0.6 is 0 Å². The summed E-state index contributed by atoms with van der Waals surface area (Å²) in [7, 11) is 0. The molecular weight excluding hydrogens is 264 g/mol. The molecular formula is C16H22N4O. The Morgan fingerprint density at radius 1 is 1.29 bits per heavy atom. The van der Waals surface area contributed by atoms with E-state index in [-0.39, 0.29) is 11.8 Å². The zero-order valence-electron chi connectivity index (χ0n) is 12.5. The normalized spacial score (nSPS) is 16.2. The maximum absolute atomic E-state index is 12.2. The molecule has 2 heterocycles. The lowest BCUT2D eigenvalue weighted by Crippen LogP contribution is -2.25. The minimum absolute atomic E-state index is 0.103. The van der Waals surface area contributed by atoms with Crippen LogP contribution in [0, 0.1) is 5.92 Å². The number of imidazole rings is 1. The molecule has 1 saturated carbocycles. The van der Waals surface area contributed by atoms with Gasteiger partial charge in [0.2, 0.25) is 5.91 Å². The van der Waals surface area contributed by atoms with Crippen molar-refractivity contribution in [3.05, 3.63) is 18.0 Å². The van der Waals surface area contributed by atoms with Gasteiger partial charge in [-0.15, -0.1) is 0 Å². The van der Waals surface area contributed by atoms with Gasteiger partial charge in [-0.25, -0.2) is 9.97 Å². The number of hydrogen-bond acceptors (Lipinski definition) is 3. The van der Waals surface area contributed by atoms with Gasteiger partial charge < -0.3 is 10.3 Å². The number of pyridine rings is 1. The first-order valence-corrected chi connectivity index (χ1v) is 7.93. The minimum Gasteiger partial charge on any atom is -0.341 e. The predicted molar refractivity (Wildman–Crippen MR) is 83.1 cm³/mol. The molecule has 21 heavy (non-hydrogen) atoms. The van der Waals surface area contributed by atoms with Crippen molar-refractivity contribution in [3.8, 4) is 0 Å². The van der Waals surface area contributed by atoms with Crippen molar-refractivity contribution in [2.75, 3.05) is 5.32 Å². The van der Waals surface area contributed by atoms with Crippen LogP contribution in [-0.2, 0) is 11.2 Å². The van der Waals surface area contributed by atoms with Crippen molar-refractivity contribution >= 4 is 22.9 Å². The van der Waals surface area contributed by atoms with Crippen LogP contribution in [0.25, 0.3) is 11.2 Å². The van der Waals surface area contributed by atoms with E-state index in [2.05, 4.69) is 27.2 Å². The Morgan fingerprint density at radius 2 is 2.10 bits per heavy atom. The van der Waals surface area contributed by atoms with Gasteiger partial charge in [0.25, 0.3) is 0 Å². The van der Waals surface area contributed by atoms with Gasteiger partial charge in [-0.1, -0.05) is 26.2 Å². The molecule has 5 nitrogen and oxygen atoms in total. The number of amides is 1. The zero-order chi connectivity index (χ0) is 14.7. The molecule has 3 rings (SSSR count). The molecule has 0 atom stereocenters. The number of nitrogens with zero attached hydrogens (tertiary/aromatic N) is 2. The van der Waals surface area contributed by atoms with Crippen molar-refractivity contribution in [1.82, 2.24) is 15.0 Å². The Labute approximate surface area is 124 Å². The first-order valence-electron chi connectivity index (χ1n) is 7.93. The van der Waals surface area contributed by atoms with Crippen LogP contribution in [0.1, 0.15) is 51.3 Å². The molecule has 1 fully saturated rings. The number of nitrogens with one attached hydrogen (secondary N) is 2. The van der Waals surface area contributed by atoms with E-state index in [1.807, 2.05) is 12.1 Å². The lowest BCUT2D eigenvalue weighted by molar-refractivity contribution is -0.120. The summed E-state index contributed by atoms with van der Waals surface area (Å²) in [5.41, 5.74) is 1.61. The van der Waals surface area contributed by atoms with Gasteiger partial charge >= 0.3 is 0 Å². The average Bonchev–Trinajstić information content (AvgIpc) is 2.90. The van der Waals surface area contributed by atoms with Gasteiger partial charge in [0.15, 0.2) is 5.65 Å². The molecule has 0 aromatic carbocycles. The Balaban J connectivity index is 1.72. The van der Waals surface area contributed by atoms with Gasteiger partial charge in [0.05, 0.1) is 5.52 Å². The third-order valence-electron chi connectivity index (χ3n) is 4.11. The number of carbonyl (C=O) groups is 1. The van der Waals surface area contributed by atoms with E-state index in [1.165, 1.54) is 6.42 Å². The number of rotatable bonds is 4. The van der Waals surface area contributed by atoms with E-state index in [0.717, 1.165) is 49.9 Å². The molecule has 1 aliphatic carbocycles. The van der Waals surface area contributed by atoms with Crippen molar-refractivity contribution in [3.63, 3.8) is 0 Å². The van der Waals surface area contributed by atoms with Crippen LogP contribution in [0.15, 0.2) is 12.1 Å². The summed E-state index contributed by atoms with van der Waals surface area (Å²) in [5, 5.41) is 2.94. The Hall–Kier alpha value is -1.91. The minimum atomic E-state index is 0.103. The van der Waals surface area contributed by atoms with Gasteiger partial charge in [0.1, 0.15) is 11.6 Å². The van der Waals surface area contributed by atoms with Gasteiger partial charge in [0, 0.05) is 12.3 Å². The second-order valence-electron chi connectivity index (χ2n) is 5.83. The summed E-state index contributed by atoms with van der Waals surface area (Å²) in [6.07, 6.45) is 7.52. The summed E-state index contributed by atoms with van der Waals surface area (Å²) in [6.45, 7) is 2.12. The van der Waals surface area contributed by atoms with Crippen molar-refractivity contribution in [2.45, 2.75) is 51.9 Å². The van der Waals surface area contributed by atoms with Crippen molar-refractivity contribution < 1.29 is 4.79 Å². The van der Waals surface area contributed by atoms with E-state index in [1.54, 1.807) is 0 Å². The highest BCUT2D eigenvalue weighted by Crippen LogP contribution is 2.25. The van der Waals surface area contributed by atoms with Crippen molar-refractivity contribution in [2.24, 2.45) is 5.92 Å². The number of aromatic nitrogens is 3.